The van der Waals surface area contributed by atoms with Crippen LogP contribution in [0.15, 0.2) is 18.3 Å². The quantitative estimate of drug-likeness (QED) is 0.794. The lowest BCUT2D eigenvalue weighted by Gasteiger charge is -2.09. The third kappa shape index (κ3) is 1.76. The van der Waals surface area contributed by atoms with Gasteiger partial charge in [-0.05, 0) is 37.3 Å². The molecule has 1 heterocycles. The molecule has 1 aromatic heterocycles. The van der Waals surface area contributed by atoms with Crippen molar-refractivity contribution < 1.29 is 9.90 Å². The number of rotatable bonds is 3. The Kier molecular flexibility index (Phi) is 2.23. The van der Waals surface area contributed by atoms with E-state index in [0.717, 1.165) is 18.4 Å². The van der Waals surface area contributed by atoms with Crippen molar-refractivity contribution in [1.29, 1.82) is 0 Å². The lowest BCUT2D eigenvalue weighted by molar-refractivity contribution is -0.139. The molecule has 0 saturated heterocycles. The molecule has 1 fully saturated rings. The fourth-order valence-electron chi connectivity index (χ4n) is 1.66. The van der Waals surface area contributed by atoms with Crippen LogP contribution in [0.25, 0.3) is 0 Å². The molecule has 2 rings (SSSR count). The van der Waals surface area contributed by atoms with E-state index in [1.54, 1.807) is 6.20 Å². The van der Waals surface area contributed by atoms with Crippen LogP contribution < -0.4 is 0 Å². The minimum atomic E-state index is -0.746. The molecule has 74 valence electrons. The first kappa shape index (κ1) is 9.19. The van der Waals surface area contributed by atoms with Crippen molar-refractivity contribution in [2.24, 2.45) is 5.92 Å². The Morgan fingerprint density at radius 1 is 1.57 bits per heavy atom. The van der Waals surface area contributed by atoms with E-state index in [0.29, 0.717) is 11.6 Å². The van der Waals surface area contributed by atoms with Crippen molar-refractivity contribution in [3.05, 3.63) is 29.6 Å². The minimum absolute atomic E-state index is 0.308. The van der Waals surface area contributed by atoms with Gasteiger partial charge in [0, 0.05) is 6.20 Å². The highest BCUT2D eigenvalue weighted by Gasteiger charge is 2.38. The number of nitrogens with zero attached hydrogens (tertiary/aromatic N) is 1. The van der Waals surface area contributed by atoms with Gasteiger partial charge in [-0.1, -0.05) is 6.07 Å². The molecular weight excluding hydrogens is 178 g/mol. The maximum Gasteiger partial charge on any atom is 0.312 e. The van der Waals surface area contributed by atoms with E-state index in [1.807, 2.05) is 19.1 Å². The van der Waals surface area contributed by atoms with Crippen molar-refractivity contribution in [3.8, 4) is 0 Å². The monoisotopic (exact) mass is 191 g/mol. The maximum atomic E-state index is 11.0. The molecule has 1 N–H and O–H groups in total. The molecule has 1 aliphatic carbocycles. The third-order valence-corrected chi connectivity index (χ3v) is 2.61. The summed E-state index contributed by atoms with van der Waals surface area (Å²) in [5.74, 6) is -0.831. The molecule has 1 aliphatic rings. The van der Waals surface area contributed by atoms with Gasteiger partial charge >= 0.3 is 5.97 Å². The van der Waals surface area contributed by atoms with Gasteiger partial charge in [-0.15, -0.1) is 0 Å². The number of hydrogen-bond donors (Lipinski definition) is 1. The van der Waals surface area contributed by atoms with Crippen LogP contribution in [0, 0.1) is 12.8 Å². The molecule has 1 unspecified atom stereocenters. The highest BCUT2D eigenvalue weighted by Crippen LogP contribution is 2.42. The summed E-state index contributed by atoms with van der Waals surface area (Å²) >= 11 is 0. The summed E-state index contributed by atoms with van der Waals surface area (Å²) < 4.78 is 0. The zero-order valence-electron chi connectivity index (χ0n) is 8.10. The molecule has 0 amide bonds. The summed E-state index contributed by atoms with van der Waals surface area (Å²) in [7, 11) is 0. The van der Waals surface area contributed by atoms with E-state index >= 15 is 0 Å². The predicted octanol–water partition coefficient (Wildman–Crippen LogP) is 1.97. The van der Waals surface area contributed by atoms with Gasteiger partial charge in [0.15, 0.2) is 0 Å². The van der Waals surface area contributed by atoms with Crippen LogP contribution in [-0.4, -0.2) is 16.1 Å². The summed E-state index contributed by atoms with van der Waals surface area (Å²) in [5, 5.41) is 9.07. The summed E-state index contributed by atoms with van der Waals surface area (Å²) in [6.45, 7) is 1.95. The highest BCUT2D eigenvalue weighted by molar-refractivity contribution is 5.76. The molecule has 0 bridgehead atoms. The van der Waals surface area contributed by atoms with Crippen LogP contribution in [0.3, 0.4) is 0 Å². The fraction of sp³-hybridized carbons (Fsp3) is 0.455. The van der Waals surface area contributed by atoms with Crippen LogP contribution in [0.1, 0.15) is 30.0 Å². The van der Waals surface area contributed by atoms with E-state index in [2.05, 4.69) is 4.98 Å². The summed E-state index contributed by atoms with van der Waals surface area (Å²) in [6.07, 6.45) is 3.77. The summed E-state index contributed by atoms with van der Waals surface area (Å²) in [4.78, 5) is 15.2. The van der Waals surface area contributed by atoms with Crippen molar-refractivity contribution in [1.82, 2.24) is 4.98 Å². The van der Waals surface area contributed by atoms with Gasteiger partial charge in [-0.25, -0.2) is 0 Å². The number of carboxylic acid groups (broad SMARTS) is 1. The zero-order chi connectivity index (χ0) is 10.1. The summed E-state index contributed by atoms with van der Waals surface area (Å²) in [5.41, 5.74) is 1.76. The number of aliphatic carboxylic acids is 1. The van der Waals surface area contributed by atoms with E-state index in [-0.39, 0.29) is 0 Å². The molecule has 0 aromatic carbocycles. The molecule has 1 aromatic rings. The average Bonchev–Trinajstić information content (AvgIpc) is 2.92. The second-order valence-electron chi connectivity index (χ2n) is 3.91. The van der Waals surface area contributed by atoms with Gasteiger partial charge in [-0.3, -0.25) is 9.78 Å². The number of hydrogen-bond acceptors (Lipinski definition) is 2. The third-order valence-electron chi connectivity index (χ3n) is 2.61. The Morgan fingerprint density at radius 3 is 2.71 bits per heavy atom. The maximum absolute atomic E-state index is 11.0. The molecule has 3 heteroatoms. The van der Waals surface area contributed by atoms with Crippen molar-refractivity contribution in [2.75, 3.05) is 0 Å². The van der Waals surface area contributed by atoms with Gasteiger partial charge in [-0.2, -0.15) is 0 Å². The number of aryl methyl sites for hydroxylation is 1. The molecular formula is C11H13NO2. The largest absolute Gasteiger partial charge is 0.481 e. The second-order valence-corrected chi connectivity index (χ2v) is 3.91. The molecule has 14 heavy (non-hydrogen) atoms. The van der Waals surface area contributed by atoms with Gasteiger partial charge in [0.1, 0.15) is 5.92 Å². The fourth-order valence-corrected chi connectivity index (χ4v) is 1.66. The lowest BCUT2D eigenvalue weighted by Crippen LogP contribution is -2.14. The Balaban J connectivity index is 2.26. The molecule has 1 saturated carbocycles. The van der Waals surface area contributed by atoms with E-state index in [4.69, 9.17) is 5.11 Å². The van der Waals surface area contributed by atoms with Gasteiger partial charge < -0.3 is 5.11 Å². The normalized spacial score (nSPS) is 17.8. The average molecular weight is 191 g/mol. The Labute approximate surface area is 82.8 Å². The van der Waals surface area contributed by atoms with Crippen molar-refractivity contribution >= 4 is 5.97 Å². The van der Waals surface area contributed by atoms with Gasteiger partial charge in [0.05, 0.1) is 5.69 Å². The SMILES string of the molecule is Cc1ccc(C(C(=O)O)C2CC2)nc1. The zero-order valence-corrected chi connectivity index (χ0v) is 8.10. The van der Waals surface area contributed by atoms with Gasteiger partial charge in [0.2, 0.25) is 0 Å². The van der Waals surface area contributed by atoms with Crippen LogP contribution in [0.2, 0.25) is 0 Å². The number of carbonyl (C=O) groups is 1. The predicted molar refractivity (Wildman–Crippen MR) is 52.1 cm³/mol. The van der Waals surface area contributed by atoms with E-state index in [9.17, 15) is 4.79 Å². The Bertz CT molecular complexity index is 341. The minimum Gasteiger partial charge on any atom is -0.481 e. The van der Waals surface area contributed by atoms with Crippen LogP contribution in [0.5, 0.6) is 0 Å². The topological polar surface area (TPSA) is 50.2 Å². The van der Waals surface area contributed by atoms with Crippen molar-refractivity contribution in [3.63, 3.8) is 0 Å². The highest BCUT2D eigenvalue weighted by atomic mass is 16.4. The lowest BCUT2D eigenvalue weighted by atomic mass is 9.99. The van der Waals surface area contributed by atoms with Crippen LogP contribution in [-0.2, 0) is 4.79 Å². The van der Waals surface area contributed by atoms with Crippen molar-refractivity contribution in [2.45, 2.75) is 25.7 Å². The standard InChI is InChI=1S/C11H13NO2/c1-7-2-5-9(12-6-7)10(11(13)14)8-3-4-8/h2,5-6,8,10H,3-4H2,1H3,(H,13,14). The first-order valence-electron chi connectivity index (χ1n) is 4.84. The smallest absolute Gasteiger partial charge is 0.312 e. The van der Waals surface area contributed by atoms with E-state index in [1.165, 1.54) is 0 Å². The molecule has 0 radical (unpaired) electrons. The first-order chi connectivity index (χ1) is 6.68. The van der Waals surface area contributed by atoms with Gasteiger partial charge in [0.25, 0.3) is 0 Å². The molecule has 3 nitrogen and oxygen atoms in total. The number of pyridine rings is 1. The second kappa shape index (κ2) is 3.40. The van der Waals surface area contributed by atoms with Crippen LogP contribution >= 0.6 is 0 Å². The molecule has 0 aliphatic heterocycles. The Hall–Kier alpha value is -1.38. The number of aromatic nitrogens is 1. The summed E-state index contributed by atoms with van der Waals surface area (Å²) in [6, 6.07) is 3.74. The Morgan fingerprint density at radius 2 is 2.29 bits per heavy atom. The van der Waals surface area contributed by atoms with Crippen LogP contribution in [0.4, 0.5) is 0 Å². The molecule has 0 spiro atoms. The number of carboxylic acids is 1. The van der Waals surface area contributed by atoms with E-state index < -0.39 is 11.9 Å². The molecule has 1 atom stereocenters. The first-order valence-corrected chi connectivity index (χ1v) is 4.84.